The molecule has 0 heterocycles. The van der Waals surface area contributed by atoms with Crippen LogP contribution in [0, 0.1) is 5.82 Å². The predicted octanol–water partition coefficient (Wildman–Crippen LogP) is 2.02. The summed E-state index contributed by atoms with van der Waals surface area (Å²) in [6.45, 7) is 4.21. The Morgan fingerprint density at radius 2 is 2.24 bits per heavy atom. The minimum Gasteiger partial charge on any atom is -0.385 e. The number of benzene rings is 1. The maximum Gasteiger partial charge on any atom is 0.125 e. The van der Waals surface area contributed by atoms with E-state index in [0.717, 1.165) is 18.7 Å². The first-order valence-corrected chi connectivity index (χ1v) is 5.92. The molecule has 0 aliphatic rings. The molecule has 0 spiro atoms. The Morgan fingerprint density at radius 1 is 1.47 bits per heavy atom. The van der Waals surface area contributed by atoms with Crippen LogP contribution >= 0.6 is 0 Å². The summed E-state index contributed by atoms with van der Waals surface area (Å²) in [6, 6.07) is 6.64. The van der Waals surface area contributed by atoms with Crippen LogP contribution in [-0.4, -0.2) is 32.8 Å². The van der Waals surface area contributed by atoms with E-state index in [0.29, 0.717) is 13.2 Å². The highest BCUT2D eigenvalue weighted by Crippen LogP contribution is 2.15. The highest BCUT2D eigenvalue weighted by atomic mass is 19.1. The van der Waals surface area contributed by atoms with Gasteiger partial charge in [0.2, 0.25) is 0 Å². The quantitative estimate of drug-likeness (QED) is 0.792. The first-order chi connectivity index (χ1) is 8.17. The van der Waals surface area contributed by atoms with Crippen molar-refractivity contribution in [2.24, 2.45) is 5.73 Å². The van der Waals surface area contributed by atoms with Crippen LogP contribution in [0.25, 0.3) is 0 Å². The van der Waals surface area contributed by atoms with Crippen LogP contribution in [0.5, 0.6) is 0 Å². The molecule has 3 nitrogen and oxygen atoms in total. The van der Waals surface area contributed by atoms with Crippen molar-refractivity contribution < 1.29 is 9.13 Å². The largest absolute Gasteiger partial charge is 0.385 e. The molecular formula is C13H21FN2O. The van der Waals surface area contributed by atoms with Crippen LogP contribution in [0.15, 0.2) is 24.3 Å². The zero-order chi connectivity index (χ0) is 12.7. The standard InChI is InChI=1S/C13H21FN2O/c1-3-16(10-12(15)7-8-17-2)13-6-4-5-11(14)9-13/h4-6,9,12H,3,7-8,10,15H2,1-2H3. The minimum absolute atomic E-state index is 0.0400. The molecule has 1 aromatic rings. The predicted molar refractivity (Wildman–Crippen MR) is 68.8 cm³/mol. The summed E-state index contributed by atoms with van der Waals surface area (Å²) >= 11 is 0. The third-order valence-corrected chi connectivity index (χ3v) is 2.70. The Bertz CT molecular complexity index is 333. The van der Waals surface area contributed by atoms with Crippen LogP contribution in [0.4, 0.5) is 10.1 Å². The van der Waals surface area contributed by atoms with Gasteiger partial charge in [-0.3, -0.25) is 0 Å². The molecule has 0 saturated carbocycles. The summed E-state index contributed by atoms with van der Waals surface area (Å²) in [4.78, 5) is 2.07. The fourth-order valence-corrected chi connectivity index (χ4v) is 1.73. The molecule has 1 atom stereocenters. The maximum absolute atomic E-state index is 13.1. The fraction of sp³-hybridized carbons (Fsp3) is 0.538. The van der Waals surface area contributed by atoms with Crippen molar-refractivity contribution >= 4 is 5.69 Å². The van der Waals surface area contributed by atoms with Gasteiger partial charge in [-0.25, -0.2) is 4.39 Å². The molecule has 0 fully saturated rings. The van der Waals surface area contributed by atoms with Gasteiger partial charge in [0.15, 0.2) is 0 Å². The smallest absolute Gasteiger partial charge is 0.125 e. The topological polar surface area (TPSA) is 38.5 Å². The molecule has 0 aromatic heterocycles. The normalized spacial score (nSPS) is 12.5. The number of hydrogen-bond acceptors (Lipinski definition) is 3. The van der Waals surface area contributed by atoms with Crippen molar-refractivity contribution in [3.63, 3.8) is 0 Å². The molecule has 0 saturated heterocycles. The zero-order valence-corrected chi connectivity index (χ0v) is 10.5. The second-order valence-corrected chi connectivity index (χ2v) is 4.06. The number of halogens is 1. The van der Waals surface area contributed by atoms with Crippen LogP contribution < -0.4 is 10.6 Å². The van der Waals surface area contributed by atoms with Gasteiger partial charge in [0.05, 0.1) is 0 Å². The summed E-state index contributed by atoms with van der Waals surface area (Å²) < 4.78 is 18.1. The molecule has 1 aromatic carbocycles. The highest BCUT2D eigenvalue weighted by Gasteiger charge is 2.10. The number of ether oxygens (including phenoxy) is 1. The van der Waals surface area contributed by atoms with Gasteiger partial charge in [-0.2, -0.15) is 0 Å². The van der Waals surface area contributed by atoms with Crippen molar-refractivity contribution in [3.8, 4) is 0 Å². The molecule has 17 heavy (non-hydrogen) atoms. The van der Waals surface area contributed by atoms with Gasteiger partial charge in [0.25, 0.3) is 0 Å². The Morgan fingerprint density at radius 3 is 2.82 bits per heavy atom. The van der Waals surface area contributed by atoms with Gasteiger partial charge in [-0.15, -0.1) is 0 Å². The Kier molecular flexibility index (Phi) is 5.94. The first-order valence-electron chi connectivity index (χ1n) is 5.92. The molecule has 0 aliphatic heterocycles. The van der Waals surface area contributed by atoms with E-state index >= 15 is 0 Å². The number of nitrogens with zero attached hydrogens (tertiary/aromatic N) is 1. The summed E-state index contributed by atoms with van der Waals surface area (Å²) in [5, 5.41) is 0. The maximum atomic E-state index is 13.1. The molecule has 4 heteroatoms. The fourth-order valence-electron chi connectivity index (χ4n) is 1.73. The molecule has 1 unspecified atom stereocenters. The number of methoxy groups -OCH3 is 1. The van der Waals surface area contributed by atoms with Gasteiger partial charge in [0, 0.05) is 38.5 Å². The number of rotatable bonds is 7. The van der Waals surface area contributed by atoms with Crippen LogP contribution in [0.2, 0.25) is 0 Å². The van der Waals surface area contributed by atoms with E-state index < -0.39 is 0 Å². The second-order valence-electron chi connectivity index (χ2n) is 4.06. The van der Waals surface area contributed by atoms with E-state index in [1.165, 1.54) is 12.1 Å². The highest BCUT2D eigenvalue weighted by molar-refractivity contribution is 5.46. The van der Waals surface area contributed by atoms with E-state index in [2.05, 4.69) is 4.90 Å². The van der Waals surface area contributed by atoms with E-state index in [1.807, 2.05) is 13.0 Å². The third kappa shape index (κ3) is 4.71. The summed E-state index contributed by atoms with van der Waals surface area (Å²) in [5.74, 6) is -0.216. The average molecular weight is 240 g/mol. The Hall–Kier alpha value is -1.13. The molecule has 1 rings (SSSR count). The van der Waals surface area contributed by atoms with Crippen molar-refractivity contribution in [1.29, 1.82) is 0 Å². The van der Waals surface area contributed by atoms with Crippen LogP contribution in [0.1, 0.15) is 13.3 Å². The summed E-state index contributed by atoms with van der Waals surface area (Å²) in [6.07, 6.45) is 0.808. The van der Waals surface area contributed by atoms with Crippen molar-refractivity contribution in [2.75, 3.05) is 31.7 Å². The van der Waals surface area contributed by atoms with E-state index in [1.54, 1.807) is 13.2 Å². The lowest BCUT2D eigenvalue weighted by atomic mass is 10.2. The lowest BCUT2D eigenvalue weighted by Gasteiger charge is -2.26. The van der Waals surface area contributed by atoms with Gasteiger partial charge in [-0.1, -0.05) is 6.07 Å². The number of anilines is 1. The number of nitrogens with two attached hydrogens (primary N) is 1. The number of likely N-dealkylation sites (N-methyl/N-ethyl adjacent to an activating group) is 1. The molecule has 0 bridgehead atoms. The number of hydrogen-bond donors (Lipinski definition) is 1. The monoisotopic (exact) mass is 240 g/mol. The summed E-state index contributed by atoms with van der Waals surface area (Å²) in [7, 11) is 1.66. The molecule has 0 amide bonds. The lowest BCUT2D eigenvalue weighted by molar-refractivity contribution is 0.188. The van der Waals surface area contributed by atoms with Crippen molar-refractivity contribution in [2.45, 2.75) is 19.4 Å². The zero-order valence-electron chi connectivity index (χ0n) is 10.5. The van der Waals surface area contributed by atoms with Crippen molar-refractivity contribution in [3.05, 3.63) is 30.1 Å². The lowest BCUT2D eigenvalue weighted by Crippen LogP contribution is -2.38. The molecule has 2 N–H and O–H groups in total. The average Bonchev–Trinajstić information content (AvgIpc) is 2.33. The van der Waals surface area contributed by atoms with E-state index in [9.17, 15) is 4.39 Å². The molecule has 96 valence electrons. The molecule has 0 radical (unpaired) electrons. The molecular weight excluding hydrogens is 219 g/mol. The van der Waals surface area contributed by atoms with Gasteiger partial charge < -0.3 is 15.4 Å². The van der Waals surface area contributed by atoms with E-state index in [4.69, 9.17) is 10.5 Å². The minimum atomic E-state index is -0.216. The summed E-state index contributed by atoms with van der Waals surface area (Å²) in [5.41, 5.74) is 6.87. The van der Waals surface area contributed by atoms with Crippen molar-refractivity contribution in [1.82, 2.24) is 0 Å². The van der Waals surface area contributed by atoms with Gasteiger partial charge >= 0.3 is 0 Å². The Labute approximate surface area is 102 Å². The van der Waals surface area contributed by atoms with Crippen LogP contribution in [-0.2, 0) is 4.74 Å². The molecule has 0 aliphatic carbocycles. The van der Waals surface area contributed by atoms with Gasteiger partial charge in [-0.05, 0) is 31.5 Å². The SMILES string of the molecule is CCN(CC(N)CCOC)c1cccc(F)c1. The van der Waals surface area contributed by atoms with Crippen LogP contribution in [0.3, 0.4) is 0 Å². The first kappa shape index (κ1) is 13.9. The Balaban J connectivity index is 2.59. The van der Waals surface area contributed by atoms with E-state index in [-0.39, 0.29) is 11.9 Å². The van der Waals surface area contributed by atoms with Gasteiger partial charge in [0.1, 0.15) is 5.82 Å². The third-order valence-electron chi connectivity index (χ3n) is 2.70. The second kappa shape index (κ2) is 7.25.